The summed E-state index contributed by atoms with van der Waals surface area (Å²) in [4.78, 5) is 18.7. The third kappa shape index (κ3) is 4.30. The van der Waals surface area contributed by atoms with Gasteiger partial charge in [0.1, 0.15) is 0 Å². The van der Waals surface area contributed by atoms with Crippen molar-refractivity contribution >= 4 is 16.8 Å². The third-order valence-electron chi connectivity index (χ3n) is 4.69. The highest BCUT2D eigenvalue weighted by Crippen LogP contribution is 2.20. The smallest absolute Gasteiger partial charge is 0.221 e. The topological polar surface area (TPSA) is 71.2 Å². The Morgan fingerprint density at radius 3 is 3.08 bits per heavy atom. The molecule has 1 unspecified atom stereocenters. The summed E-state index contributed by atoms with van der Waals surface area (Å²) >= 11 is 0. The van der Waals surface area contributed by atoms with Crippen LogP contribution in [0.2, 0.25) is 0 Å². The number of nitrogens with two attached hydrogens (primary N) is 1. The molecule has 2 heterocycles. The minimum atomic E-state index is 0.0513. The van der Waals surface area contributed by atoms with Crippen LogP contribution in [0, 0.1) is 0 Å². The van der Waals surface area contributed by atoms with Gasteiger partial charge in [-0.3, -0.25) is 14.7 Å². The molecule has 1 aliphatic rings. The van der Waals surface area contributed by atoms with Gasteiger partial charge in [-0.25, -0.2) is 0 Å². The molecule has 24 heavy (non-hydrogen) atoms. The Balaban J connectivity index is 1.64. The number of aromatic nitrogens is 1. The van der Waals surface area contributed by atoms with E-state index in [1.54, 1.807) is 0 Å². The number of fused-ring (bicyclic) bond motifs is 1. The van der Waals surface area contributed by atoms with Crippen LogP contribution < -0.4 is 11.1 Å². The zero-order chi connectivity index (χ0) is 16.8. The van der Waals surface area contributed by atoms with Gasteiger partial charge >= 0.3 is 0 Å². The molecule has 128 valence electrons. The molecule has 5 heteroatoms. The minimum absolute atomic E-state index is 0.0513. The summed E-state index contributed by atoms with van der Waals surface area (Å²) in [7, 11) is 0. The van der Waals surface area contributed by atoms with Crippen LogP contribution in [0.4, 0.5) is 0 Å². The number of nitrogens with one attached hydrogen (secondary N) is 1. The summed E-state index contributed by atoms with van der Waals surface area (Å²) in [5.41, 5.74) is 7.70. The summed E-state index contributed by atoms with van der Waals surface area (Å²) in [6.07, 6.45) is 5.95. The molecular formula is C19H26N4O. The molecule has 0 saturated carbocycles. The van der Waals surface area contributed by atoms with E-state index >= 15 is 0 Å². The Hall–Kier alpha value is -1.98. The molecule has 0 aliphatic carbocycles. The van der Waals surface area contributed by atoms with Crippen LogP contribution in [0.15, 0.2) is 36.5 Å². The summed E-state index contributed by atoms with van der Waals surface area (Å²) in [5.74, 6) is 0.0513. The first-order chi connectivity index (χ1) is 11.8. The van der Waals surface area contributed by atoms with Gasteiger partial charge in [0, 0.05) is 43.7 Å². The molecule has 1 saturated heterocycles. The van der Waals surface area contributed by atoms with Gasteiger partial charge in [-0.2, -0.15) is 0 Å². The highest BCUT2D eigenvalue weighted by Gasteiger charge is 2.23. The molecular weight excluding hydrogens is 300 g/mol. The molecule has 0 radical (unpaired) electrons. The molecule has 0 spiro atoms. The lowest BCUT2D eigenvalue weighted by Crippen LogP contribution is -2.46. The number of likely N-dealkylation sites (tertiary alicyclic amines) is 1. The number of nitrogens with zero attached hydrogens (tertiary/aromatic N) is 2. The Morgan fingerprint density at radius 1 is 1.33 bits per heavy atom. The maximum atomic E-state index is 11.7. The summed E-state index contributed by atoms with van der Waals surface area (Å²) in [6, 6.07) is 10.8. The predicted octanol–water partition coefficient (Wildman–Crippen LogP) is 2.05. The second-order valence-corrected chi connectivity index (χ2v) is 6.50. The van der Waals surface area contributed by atoms with Gasteiger partial charge in [0.2, 0.25) is 5.91 Å². The Kier molecular flexibility index (Phi) is 5.77. The zero-order valence-electron chi connectivity index (χ0n) is 14.1. The standard InChI is InChI=1S/C19H26N4O/c20-9-8-19(24)22-13-17-6-3-4-10-23(17)14-15-11-16-5-1-2-7-18(16)21-12-15/h1-2,5,7,11-12,17H,3-4,6,8-10,13-14,20H2,(H,22,24). The van der Waals surface area contributed by atoms with Crippen molar-refractivity contribution in [3.05, 3.63) is 42.1 Å². The van der Waals surface area contributed by atoms with Crippen molar-refractivity contribution in [2.24, 2.45) is 5.73 Å². The van der Waals surface area contributed by atoms with Crippen molar-refractivity contribution in [3.8, 4) is 0 Å². The molecule has 0 bridgehead atoms. The van der Waals surface area contributed by atoms with E-state index in [2.05, 4.69) is 27.3 Å². The van der Waals surface area contributed by atoms with E-state index in [1.165, 1.54) is 23.8 Å². The average Bonchev–Trinajstić information content (AvgIpc) is 2.61. The molecule has 1 aromatic heterocycles. The predicted molar refractivity (Wildman–Crippen MR) is 96.5 cm³/mol. The van der Waals surface area contributed by atoms with Crippen molar-refractivity contribution in [1.29, 1.82) is 0 Å². The molecule has 1 aliphatic heterocycles. The van der Waals surface area contributed by atoms with Crippen molar-refractivity contribution in [2.45, 2.75) is 38.3 Å². The van der Waals surface area contributed by atoms with Gasteiger partial charge in [-0.15, -0.1) is 0 Å². The van der Waals surface area contributed by atoms with E-state index in [9.17, 15) is 4.79 Å². The summed E-state index contributed by atoms with van der Waals surface area (Å²) in [6.45, 7) is 3.07. The first kappa shape index (κ1) is 16.9. The van der Waals surface area contributed by atoms with Crippen LogP contribution in [0.3, 0.4) is 0 Å². The average molecular weight is 326 g/mol. The molecule has 3 N–H and O–H groups in total. The van der Waals surface area contributed by atoms with E-state index in [0.29, 0.717) is 25.6 Å². The number of pyridine rings is 1. The molecule has 5 nitrogen and oxygen atoms in total. The van der Waals surface area contributed by atoms with E-state index in [4.69, 9.17) is 5.73 Å². The van der Waals surface area contributed by atoms with Crippen molar-refractivity contribution in [3.63, 3.8) is 0 Å². The van der Waals surface area contributed by atoms with E-state index in [-0.39, 0.29) is 5.91 Å². The lowest BCUT2D eigenvalue weighted by Gasteiger charge is -2.35. The highest BCUT2D eigenvalue weighted by atomic mass is 16.1. The maximum Gasteiger partial charge on any atom is 0.221 e. The first-order valence-electron chi connectivity index (χ1n) is 8.81. The largest absolute Gasteiger partial charge is 0.354 e. The fourth-order valence-electron chi connectivity index (χ4n) is 3.39. The number of benzene rings is 1. The van der Waals surface area contributed by atoms with Crippen LogP contribution in [-0.4, -0.2) is 41.5 Å². The zero-order valence-corrected chi connectivity index (χ0v) is 14.1. The van der Waals surface area contributed by atoms with Gasteiger partial charge in [0.15, 0.2) is 0 Å². The normalized spacial score (nSPS) is 18.6. The lowest BCUT2D eigenvalue weighted by atomic mass is 10.0. The van der Waals surface area contributed by atoms with E-state index in [1.807, 2.05) is 24.4 Å². The van der Waals surface area contributed by atoms with Crippen LogP contribution >= 0.6 is 0 Å². The number of amides is 1. The van der Waals surface area contributed by atoms with Crippen molar-refractivity contribution in [1.82, 2.24) is 15.2 Å². The summed E-state index contributed by atoms with van der Waals surface area (Å²) < 4.78 is 0. The van der Waals surface area contributed by atoms with Crippen LogP contribution in [0.5, 0.6) is 0 Å². The van der Waals surface area contributed by atoms with Gasteiger partial charge in [-0.05, 0) is 37.1 Å². The number of carbonyl (C=O) groups is 1. The van der Waals surface area contributed by atoms with Crippen molar-refractivity contribution in [2.75, 3.05) is 19.6 Å². The van der Waals surface area contributed by atoms with E-state index < -0.39 is 0 Å². The second kappa shape index (κ2) is 8.22. The Morgan fingerprint density at radius 2 is 2.21 bits per heavy atom. The summed E-state index contributed by atoms with van der Waals surface area (Å²) in [5, 5.41) is 4.20. The number of piperidine rings is 1. The monoisotopic (exact) mass is 326 g/mol. The number of hydrogen-bond donors (Lipinski definition) is 2. The molecule has 1 fully saturated rings. The molecule has 1 aromatic carbocycles. The van der Waals surface area contributed by atoms with Gasteiger partial charge in [-0.1, -0.05) is 24.6 Å². The van der Waals surface area contributed by atoms with Gasteiger partial charge < -0.3 is 11.1 Å². The number of carbonyl (C=O) groups excluding carboxylic acids is 1. The van der Waals surface area contributed by atoms with Crippen LogP contribution in [-0.2, 0) is 11.3 Å². The number of para-hydroxylation sites is 1. The highest BCUT2D eigenvalue weighted by molar-refractivity contribution is 5.78. The van der Waals surface area contributed by atoms with Crippen molar-refractivity contribution < 1.29 is 4.79 Å². The SMILES string of the molecule is NCCC(=O)NCC1CCCCN1Cc1cnc2ccccc2c1. The first-order valence-corrected chi connectivity index (χ1v) is 8.81. The lowest BCUT2D eigenvalue weighted by molar-refractivity contribution is -0.121. The molecule has 2 aromatic rings. The molecule has 1 amide bonds. The van der Waals surface area contributed by atoms with Gasteiger partial charge in [0.25, 0.3) is 0 Å². The molecule has 1 atom stereocenters. The number of rotatable bonds is 6. The van der Waals surface area contributed by atoms with E-state index in [0.717, 1.165) is 25.0 Å². The number of hydrogen-bond acceptors (Lipinski definition) is 4. The maximum absolute atomic E-state index is 11.7. The second-order valence-electron chi connectivity index (χ2n) is 6.50. The molecule has 3 rings (SSSR count). The van der Waals surface area contributed by atoms with Crippen LogP contribution in [0.1, 0.15) is 31.2 Å². The third-order valence-corrected chi connectivity index (χ3v) is 4.69. The fourth-order valence-corrected chi connectivity index (χ4v) is 3.39. The Bertz CT molecular complexity index is 688. The Labute approximate surface area is 143 Å². The van der Waals surface area contributed by atoms with Crippen LogP contribution in [0.25, 0.3) is 10.9 Å². The fraction of sp³-hybridized carbons (Fsp3) is 0.474. The minimum Gasteiger partial charge on any atom is -0.354 e. The van der Waals surface area contributed by atoms with Gasteiger partial charge in [0.05, 0.1) is 5.52 Å². The quantitative estimate of drug-likeness (QED) is 0.852.